The van der Waals surface area contributed by atoms with Crippen LogP contribution in [0.5, 0.6) is 0 Å². The highest BCUT2D eigenvalue weighted by atomic mass is 32.2. The number of thioether (sulfide) groups is 1. The van der Waals surface area contributed by atoms with Gasteiger partial charge in [-0.3, -0.25) is 9.36 Å². The van der Waals surface area contributed by atoms with Gasteiger partial charge in [0.25, 0.3) is 0 Å². The molecule has 1 fully saturated rings. The molecule has 0 spiro atoms. The molecule has 0 saturated carbocycles. The first-order chi connectivity index (χ1) is 11.2. The molecule has 0 radical (unpaired) electrons. The number of carbonyl (C=O) groups excluding carboxylic acids is 1. The monoisotopic (exact) mass is 324 g/mol. The Morgan fingerprint density at radius 2 is 1.87 bits per heavy atom. The van der Waals surface area contributed by atoms with Crippen molar-refractivity contribution in [1.82, 2.24) is 9.55 Å². The van der Waals surface area contributed by atoms with E-state index in [0.717, 1.165) is 28.3 Å². The van der Waals surface area contributed by atoms with Crippen molar-refractivity contribution >= 4 is 28.8 Å². The Kier molecular flexibility index (Phi) is 3.58. The highest BCUT2D eigenvalue weighted by molar-refractivity contribution is 8.00. The molecule has 0 amide bonds. The van der Waals surface area contributed by atoms with Crippen LogP contribution < -0.4 is 0 Å². The van der Waals surface area contributed by atoms with Crippen LogP contribution in [0.1, 0.15) is 13.3 Å². The Morgan fingerprint density at radius 1 is 1.13 bits per heavy atom. The van der Waals surface area contributed by atoms with Gasteiger partial charge in [0.05, 0.1) is 11.0 Å². The average molecular weight is 324 g/mol. The molecule has 1 aliphatic rings. The van der Waals surface area contributed by atoms with Crippen molar-refractivity contribution in [3.05, 3.63) is 54.6 Å². The SMILES string of the molecule is C[C@H]1C[C@H](Sc2nc3ccccc3n2-c2ccccc2)C(=O)O1. The number of para-hydroxylation sites is 3. The summed E-state index contributed by atoms with van der Waals surface area (Å²) >= 11 is 1.49. The molecule has 5 heteroatoms. The summed E-state index contributed by atoms with van der Waals surface area (Å²) in [5, 5.41) is 0.637. The van der Waals surface area contributed by atoms with E-state index >= 15 is 0 Å². The van der Waals surface area contributed by atoms with Crippen molar-refractivity contribution in [3.63, 3.8) is 0 Å². The van der Waals surface area contributed by atoms with E-state index in [2.05, 4.69) is 10.6 Å². The van der Waals surface area contributed by atoms with Crippen molar-refractivity contribution < 1.29 is 9.53 Å². The topological polar surface area (TPSA) is 44.1 Å². The van der Waals surface area contributed by atoms with Crippen LogP contribution in [0, 0.1) is 0 Å². The lowest BCUT2D eigenvalue weighted by Crippen LogP contribution is -2.11. The first-order valence-corrected chi connectivity index (χ1v) is 8.50. The van der Waals surface area contributed by atoms with Gasteiger partial charge in [0, 0.05) is 12.1 Å². The van der Waals surface area contributed by atoms with Gasteiger partial charge in [-0.25, -0.2) is 4.98 Å². The second-order valence-electron chi connectivity index (χ2n) is 5.64. The summed E-state index contributed by atoms with van der Waals surface area (Å²) in [6, 6.07) is 18.1. The molecule has 0 aliphatic carbocycles. The third kappa shape index (κ3) is 2.61. The van der Waals surface area contributed by atoms with Crippen LogP contribution >= 0.6 is 11.8 Å². The number of cyclic esters (lactones) is 1. The van der Waals surface area contributed by atoms with E-state index in [1.165, 1.54) is 11.8 Å². The Hall–Kier alpha value is -2.27. The van der Waals surface area contributed by atoms with E-state index in [1.807, 2.05) is 55.5 Å². The van der Waals surface area contributed by atoms with Crippen LogP contribution in [0.3, 0.4) is 0 Å². The second-order valence-corrected chi connectivity index (χ2v) is 6.81. The summed E-state index contributed by atoms with van der Waals surface area (Å²) in [5.41, 5.74) is 3.02. The van der Waals surface area contributed by atoms with Crippen molar-refractivity contribution in [2.24, 2.45) is 0 Å². The number of carbonyl (C=O) groups is 1. The third-order valence-corrected chi connectivity index (χ3v) is 5.07. The number of esters is 1. The number of hydrogen-bond acceptors (Lipinski definition) is 4. The largest absolute Gasteiger partial charge is 0.462 e. The predicted molar refractivity (Wildman–Crippen MR) is 90.9 cm³/mol. The molecule has 3 aromatic rings. The molecule has 2 atom stereocenters. The normalized spacial score (nSPS) is 20.8. The summed E-state index contributed by atoms with van der Waals surface area (Å²) in [6.07, 6.45) is 0.705. The number of benzene rings is 2. The molecule has 2 aromatic carbocycles. The minimum absolute atomic E-state index is 0.0189. The third-order valence-electron chi connectivity index (χ3n) is 3.92. The first kappa shape index (κ1) is 14.3. The molecule has 4 rings (SSSR count). The zero-order chi connectivity index (χ0) is 15.8. The van der Waals surface area contributed by atoms with Crippen molar-refractivity contribution in [3.8, 4) is 5.69 Å². The summed E-state index contributed by atoms with van der Waals surface area (Å²) in [7, 11) is 0. The quantitative estimate of drug-likeness (QED) is 0.687. The molecule has 1 aliphatic heterocycles. The summed E-state index contributed by atoms with van der Waals surface area (Å²) < 4.78 is 7.38. The number of rotatable bonds is 3. The highest BCUT2D eigenvalue weighted by Gasteiger charge is 2.34. The number of imidazole rings is 1. The molecule has 0 N–H and O–H groups in total. The van der Waals surface area contributed by atoms with Crippen LogP contribution in [0.15, 0.2) is 59.8 Å². The maximum absolute atomic E-state index is 12.0. The maximum atomic E-state index is 12.0. The van der Waals surface area contributed by atoms with E-state index in [0.29, 0.717) is 0 Å². The van der Waals surface area contributed by atoms with Gasteiger partial charge in [0.15, 0.2) is 5.16 Å². The van der Waals surface area contributed by atoms with Crippen LogP contribution in [0.2, 0.25) is 0 Å². The van der Waals surface area contributed by atoms with Gasteiger partial charge in [0.2, 0.25) is 0 Å². The highest BCUT2D eigenvalue weighted by Crippen LogP contribution is 2.35. The smallest absolute Gasteiger partial charge is 0.319 e. The standard InChI is InChI=1S/C18H16N2O2S/c1-12-11-16(17(21)22-12)23-18-19-14-9-5-6-10-15(14)20(18)13-7-3-2-4-8-13/h2-10,12,16H,11H2,1H3/t12-,16-/m0/s1. The molecule has 23 heavy (non-hydrogen) atoms. The summed E-state index contributed by atoms with van der Waals surface area (Å²) in [4.78, 5) is 16.7. The van der Waals surface area contributed by atoms with Gasteiger partial charge >= 0.3 is 5.97 Å². The second kappa shape index (κ2) is 5.74. The average Bonchev–Trinajstić information content (AvgIpc) is 3.07. The fraction of sp³-hybridized carbons (Fsp3) is 0.222. The zero-order valence-corrected chi connectivity index (χ0v) is 13.5. The van der Waals surface area contributed by atoms with Crippen molar-refractivity contribution in [1.29, 1.82) is 0 Å². The lowest BCUT2D eigenvalue weighted by atomic mass is 10.3. The van der Waals surface area contributed by atoms with Crippen LogP contribution in [0.25, 0.3) is 16.7 Å². The van der Waals surface area contributed by atoms with Gasteiger partial charge in [0.1, 0.15) is 11.4 Å². The van der Waals surface area contributed by atoms with Crippen molar-refractivity contribution in [2.45, 2.75) is 29.9 Å². The summed E-state index contributed by atoms with van der Waals surface area (Å²) in [6.45, 7) is 1.93. The molecular formula is C18H16N2O2S. The number of fused-ring (bicyclic) bond motifs is 1. The van der Waals surface area contributed by atoms with E-state index in [4.69, 9.17) is 9.72 Å². The molecule has 4 nitrogen and oxygen atoms in total. The van der Waals surface area contributed by atoms with E-state index in [-0.39, 0.29) is 17.3 Å². The van der Waals surface area contributed by atoms with E-state index in [1.54, 1.807) is 0 Å². The van der Waals surface area contributed by atoms with Gasteiger partial charge < -0.3 is 4.74 Å². The summed E-state index contributed by atoms with van der Waals surface area (Å²) in [5.74, 6) is -0.144. The fourth-order valence-corrected chi connectivity index (χ4v) is 4.09. The number of hydrogen-bond donors (Lipinski definition) is 0. The fourth-order valence-electron chi connectivity index (χ4n) is 2.85. The van der Waals surface area contributed by atoms with Gasteiger partial charge in [-0.1, -0.05) is 42.1 Å². The number of ether oxygens (including phenoxy) is 1. The molecule has 1 aromatic heterocycles. The molecule has 116 valence electrons. The van der Waals surface area contributed by atoms with E-state index in [9.17, 15) is 4.79 Å². The molecule has 0 unspecified atom stereocenters. The Bertz CT molecular complexity index is 860. The van der Waals surface area contributed by atoms with Crippen LogP contribution in [0.4, 0.5) is 0 Å². The first-order valence-electron chi connectivity index (χ1n) is 7.62. The minimum atomic E-state index is -0.190. The predicted octanol–water partition coefficient (Wildman–Crippen LogP) is 3.82. The molecule has 2 heterocycles. The molecular weight excluding hydrogens is 308 g/mol. The molecule has 1 saturated heterocycles. The van der Waals surface area contributed by atoms with Gasteiger partial charge in [-0.05, 0) is 31.2 Å². The lowest BCUT2D eigenvalue weighted by Gasteiger charge is -2.10. The van der Waals surface area contributed by atoms with Crippen LogP contribution in [-0.4, -0.2) is 26.9 Å². The van der Waals surface area contributed by atoms with Gasteiger partial charge in [-0.2, -0.15) is 0 Å². The number of aromatic nitrogens is 2. The number of nitrogens with zero attached hydrogens (tertiary/aromatic N) is 2. The minimum Gasteiger partial charge on any atom is -0.462 e. The lowest BCUT2D eigenvalue weighted by molar-refractivity contribution is -0.140. The van der Waals surface area contributed by atoms with Crippen molar-refractivity contribution in [2.75, 3.05) is 0 Å². The zero-order valence-electron chi connectivity index (χ0n) is 12.7. The Balaban J connectivity index is 1.81. The van der Waals surface area contributed by atoms with Crippen LogP contribution in [-0.2, 0) is 9.53 Å². The Morgan fingerprint density at radius 3 is 2.61 bits per heavy atom. The van der Waals surface area contributed by atoms with Gasteiger partial charge in [-0.15, -0.1) is 0 Å². The maximum Gasteiger partial charge on any atom is 0.319 e. The molecule has 0 bridgehead atoms. The Labute approximate surface area is 138 Å². The van der Waals surface area contributed by atoms with E-state index < -0.39 is 0 Å².